The van der Waals surface area contributed by atoms with Crippen LogP contribution in [-0.4, -0.2) is 0 Å². The second-order valence-corrected chi connectivity index (χ2v) is 14.6. The van der Waals surface area contributed by atoms with Crippen molar-refractivity contribution in [2.75, 3.05) is 0 Å². The van der Waals surface area contributed by atoms with Crippen molar-refractivity contribution in [2.24, 2.45) is 0 Å². The van der Waals surface area contributed by atoms with Crippen LogP contribution in [0.15, 0.2) is 182 Å². The van der Waals surface area contributed by atoms with Crippen molar-refractivity contribution >= 4 is 85.4 Å². The lowest BCUT2D eigenvalue weighted by atomic mass is 9.85. The third-order valence-corrected chi connectivity index (χ3v) is 11.9. The molecule has 236 valence electrons. The highest BCUT2D eigenvalue weighted by Gasteiger charge is 2.19. The van der Waals surface area contributed by atoms with E-state index in [1.165, 1.54) is 107 Å². The summed E-state index contributed by atoms with van der Waals surface area (Å²) in [6.07, 6.45) is 0. The normalized spacial score (nSPS) is 11.9. The van der Waals surface area contributed by atoms with Crippen molar-refractivity contribution in [1.82, 2.24) is 0 Å². The lowest BCUT2D eigenvalue weighted by Gasteiger charge is -2.18. The number of hydrogen-bond acceptors (Lipinski definition) is 1. The summed E-state index contributed by atoms with van der Waals surface area (Å²) in [7, 11) is 0. The Kier molecular flexibility index (Phi) is 6.22. The smallest absolute Gasteiger partial charge is 0.0362 e. The molecule has 1 aromatic heterocycles. The SMILES string of the molecule is c1ccc(-c2cccc(-c3c4ccccc4c(-c4ccc5c(c4)sc4ccc6c7ccccc7c7ccccc7c6c45)c4ccccc34)c2)cc1. The molecule has 1 heteroatoms. The van der Waals surface area contributed by atoms with Crippen molar-refractivity contribution < 1.29 is 0 Å². The van der Waals surface area contributed by atoms with Crippen LogP contribution in [0.2, 0.25) is 0 Å². The lowest BCUT2D eigenvalue weighted by molar-refractivity contribution is 1.61. The molecule has 0 unspecified atom stereocenters. The van der Waals surface area contributed by atoms with E-state index in [1.807, 2.05) is 11.3 Å². The molecule has 11 aromatic rings. The van der Waals surface area contributed by atoms with Gasteiger partial charge in [0.25, 0.3) is 0 Å². The Morgan fingerprint density at radius 1 is 0.235 bits per heavy atom. The summed E-state index contributed by atoms with van der Waals surface area (Å²) < 4.78 is 2.65. The van der Waals surface area contributed by atoms with Crippen molar-refractivity contribution in [3.8, 4) is 33.4 Å². The molecule has 0 amide bonds. The van der Waals surface area contributed by atoms with E-state index in [1.54, 1.807) is 0 Å². The highest BCUT2D eigenvalue weighted by atomic mass is 32.1. The molecule has 0 fully saturated rings. The Balaban J connectivity index is 1.18. The first kappa shape index (κ1) is 28.5. The second-order valence-electron chi connectivity index (χ2n) is 13.6. The van der Waals surface area contributed by atoms with Crippen LogP contribution in [0, 0.1) is 0 Å². The first-order valence-corrected chi connectivity index (χ1v) is 18.4. The molecule has 0 aliphatic carbocycles. The van der Waals surface area contributed by atoms with Gasteiger partial charge in [-0.3, -0.25) is 0 Å². The monoisotopic (exact) mass is 662 g/mol. The van der Waals surface area contributed by atoms with Crippen molar-refractivity contribution in [3.63, 3.8) is 0 Å². The van der Waals surface area contributed by atoms with Crippen LogP contribution in [0.3, 0.4) is 0 Å². The largest absolute Gasteiger partial charge is 0.135 e. The second kappa shape index (κ2) is 11.1. The van der Waals surface area contributed by atoms with Crippen LogP contribution < -0.4 is 0 Å². The van der Waals surface area contributed by atoms with Gasteiger partial charge in [0.1, 0.15) is 0 Å². The standard InChI is InChI=1S/C50H30S/c1-2-13-31(14-3-1)32-15-12-16-33(29-32)47-39-21-8-10-23-41(39)48(42-24-11-9-22-40(42)47)34-25-26-44-46(30-34)51-45-28-27-43-37-19-5-4-17-35(37)36-18-6-7-20-38(36)49(43)50(44)45/h1-30H. The molecule has 1 heterocycles. The van der Waals surface area contributed by atoms with Gasteiger partial charge in [0.15, 0.2) is 0 Å². The third kappa shape index (κ3) is 4.26. The van der Waals surface area contributed by atoms with Gasteiger partial charge in [0.2, 0.25) is 0 Å². The van der Waals surface area contributed by atoms with E-state index in [9.17, 15) is 0 Å². The van der Waals surface area contributed by atoms with E-state index < -0.39 is 0 Å². The minimum atomic E-state index is 1.23. The van der Waals surface area contributed by atoms with Crippen LogP contribution in [0.5, 0.6) is 0 Å². The minimum absolute atomic E-state index is 1.23. The van der Waals surface area contributed by atoms with E-state index in [0.29, 0.717) is 0 Å². The number of fused-ring (bicyclic) bond motifs is 12. The average Bonchev–Trinajstić information content (AvgIpc) is 3.58. The summed E-state index contributed by atoms with van der Waals surface area (Å²) >= 11 is 1.91. The zero-order valence-corrected chi connectivity index (χ0v) is 28.5. The molecule has 0 aliphatic heterocycles. The van der Waals surface area contributed by atoms with Crippen molar-refractivity contribution in [2.45, 2.75) is 0 Å². The summed E-state index contributed by atoms with van der Waals surface area (Å²) in [4.78, 5) is 0. The number of thiophene rings is 1. The van der Waals surface area contributed by atoms with E-state index in [-0.39, 0.29) is 0 Å². The molecular formula is C50H30S. The van der Waals surface area contributed by atoms with Crippen LogP contribution in [0.4, 0.5) is 0 Å². The predicted octanol–water partition coefficient (Wildman–Crippen LogP) is 14.8. The molecule has 0 nitrogen and oxygen atoms in total. The number of rotatable bonds is 3. The van der Waals surface area contributed by atoms with Gasteiger partial charge in [0.05, 0.1) is 0 Å². The molecule has 10 aromatic carbocycles. The van der Waals surface area contributed by atoms with E-state index >= 15 is 0 Å². The Bertz CT molecular complexity index is 3090. The fraction of sp³-hybridized carbons (Fsp3) is 0. The number of hydrogen-bond donors (Lipinski definition) is 0. The Morgan fingerprint density at radius 3 is 1.31 bits per heavy atom. The van der Waals surface area contributed by atoms with Gasteiger partial charge in [-0.05, 0) is 105 Å². The van der Waals surface area contributed by atoms with Gasteiger partial charge >= 0.3 is 0 Å². The minimum Gasteiger partial charge on any atom is -0.135 e. The van der Waals surface area contributed by atoms with Gasteiger partial charge < -0.3 is 0 Å². The van der Waals surface area contributed by atoms with Crippen LogP contribution in [-0.2, 0) is 0 Å². The third-order valence-electron chi connectivity index (χ3n) is 10.8. The highest BCUT2D eigenvalue weighted by Crippen LogP contribution is 2.48. The fourth-order valence-electron chi connectivity index (χ4n) is 8.65. The quantitative estimate of drug-likeness (QED) is 0.130. The zero-order chi connectivity index (χ0) is 33.5. The van der Waals surface area contributed by atoms with Gasteiger partial charge in [-0.15, -0.1) is 11.3 Å². The topological polar surface area (TPSA) is 0 Å². The van der Waals surface area contributed by atoms with E-state index in [2.05, 4.69) is 182 Å². The lowest BCUT2D eigenvalue weighted by Crippen LogP contribution is -1.91. The maximum absolute atomic E-state index is 2.44. The van der Waals surface area contributed by atoms with Gasteiger partial charge in [-0.1, -0.05) is 164 Å². The molecule has 0 aliphatic rings. The van der Waals surface area contributed by atoms with E-state index in [0.717, 1.165) is 0 Å². The molecule has 0 atom stereocenters. The van der Waals surface area contributed by atoms with Crippen molar-refractivity contribution in [1.29, 1.82) is 0 Å². The molecule has 0 spiro atoms. The fourth-order valence-corrected chi connectivity index (χ4v) is 9.80. The molecule has 51 heavy (non-hydrogen) atoms. The summed E-state index contributed by atoms with van der Waals surface area (Å²) in [5.74, 6) is 0. The first-order valence-electron chi connectivity index (χ1n) is 17.6. The molecule has 11 rings (SSSR count). The molecule has 0 N–H and O–H groups in total. The highest BCUT2D eigenvalue weighted by molar-refractivity contribution is 7.26. The van der Waals surface area contributed by atoms with Crippen molar-refractivity contribution in [3.05, 3.63) is 182 Å². The van der Waals surface area contributed by atoms with Crippen LogP contribution >= 0.6 is 11.3 Å². The maximum Gasteiger partial charge on any atom is 0.0362 e. The average molecular weight is 663 g/mol. The Labute approximate surface area is 299 Å². The zero-order valence-electron chi connectivity index (χ0n) is 27.7. The van der Waals surface area contributed by atoms with Gasteiger partial charge in [0, 0.05) is 20.2 Å². The van der Waals surface area contributed by atoms with Crippen LogP contribution in [0.25, 0.3) is 107 Å². The summed E-state index contributed by atoms with van der Waals surface area (Å²) in [5.41, 5.74) is 7.54. The molecular weight excluding hydrogens is 633 g/mol. The van der Waals surface area contributed by atoms with Gasteiger partial charge in [-0.2, -0.15) is 0 Å². The maximum atomic E-state index is 2.44. The summed E-state index contributed by atoms with van der Waals surface area (Å²) in [6, 6.07) is 67.3. The molecule has 0 saturated carbocycles. The summed E-state index contributed by atoms with van der Waals surface area (Å²) in [5, 5.41) is 15.8. The predicted molar refractivity (Wildman–Crippen MR) is 223 cm³/mol. The van der Waals surface area contributed by atoms with Crippen LogP contribution in [0.1, 0.15) is 0 Å². The summed E-state index contributed by atoms with van der Waals surface area (Å²) in [6.45, 7) is 0. The molecule has 0 bridgehead atoms. The van der Waals surface area contributed by atoms with Gasteiger partial charge in [-0.25, -0.2) is 0 Å². The number of benzene rings is 10. The molecule has 0 saturated heterocycles. The first-order chi connectivity index (χ1) is 25.3. The Hall–Kier alpha value is -6.28. The Morgan fingerprint density at radius 2 is 0.686 bits per heavy atom. The van der Waals surface area contributed by atoms with E-state index in [4.69, 9.17) is 0 Å². The molecule has 0 radical (unpaired) electrons.